The smallest absolute Gasteiger partial charge is 0.225 e. The van der Waals surface area contributed by atoms with Gasteiger partial charge in [0.05, 0.1) is 6.54 Å². The van der Waals surface area contributed by atoms with Crippen molar-refractivity contribution in [1.82, 2.24) is 20.4 Å². The van der Waals surface area contributed by atoms with Crippen molar-refractivity contribution in [2.24, 2.45) is 10.9 Å². The molecule has 1 saturated carbocycles. The van der Waals surface area contributed by atoms with Gasteiger partial charge in [-0.25, -0.2) is 4.99 Å². The first-order valence-electron chi connectivity index (χ1n) is 10.8. The lowest BCUT2D eigenvalue weighted by molar-refractivity contribution is -0.139. The van der Waals surface area contributed by atoms with Gasteiger partial charge in [-0.2, -0.15) is 0 Å². The van der Waals surface area contributed by atoms with E-state index in [1.807, 2.05) is 29.3 Å². The topological polar surface area (TPSA) is 80.2 Å². The molecular weight excluding hydrogens is 513 g/mol. The molecule has 1 aromatic rings. The number of carbonyl (C=O) groups excluding carboxylic acids is 1. The number of rotatable bonds is 8. The number of amides is 1. The number of nitrogens with one attached hydrogen (secondary N) is 2. The standard InChI is InChI=1S/C21H35N5O2S.HI/c1-3-22-20(24-16-21(2,28)18-8-5-15-29-18)23-9-10-25-11-13-26(14-12-25)19(27)17-6-4-7-17;/h5,8,15,17,28H,3-4,6-7,9-14,16H2,1-2H3,(H2,22,23,24);1H. The molecule has 1 amide bonds. The Labute approximate surface area is 201 Å². The first-order chi connectivity index (χ1) is 14.0. The third-order valence-corrected chi connectivity index (χ3v) is 6.92. The van der Waals surface area contributed by atoms with Crippen molar-refractivity contribution in [1.29, 1.82) is 0 Å². The van der Waals surface area contributed by atoms with E-state index in [1.54, 1.807) is 18.3 Å². The summed E-state index contributed by atoms with van der Waals surface area (Å²) in [6.07, 6.45) is 3.37. The van der Waals surface area contributed by atoms with Gasteiger partial charge in [-0.15, -0.1) is 35.3 Å². The van der Waals surface area contributed by atoms with E-state index < -0.39 is 5.60 Å². The third kappa shape index (κ3) is 7.06. The minimum absolute atomic E-state index is 0. The van der Waals surface area contributed by atoms with E-state index in [-0.39, 0.29) is 24.0 Å². The molecule has 0 radical (unpaired) electrons. The zero-order valence-corrected chi connectivity index (χ0v) is 21.2. The van der Waals surface area contributed by atoms with Crippen LogP contribution in [0.3, 0.4) is 0 Å². The Kier molecular flexibility index (Phi) is 10.3. The Hall–Kier alpha value is -0.910. The van der Waals surface area contributed by atoms with Gasteiger partial charge in [0.1, 0.15) is 5.60 Å². The summed E-state index contributed by atoms with van der Waals surface area (Å²) in [5.41, 5.74) is -0.959. The number of aliphatic imine (C=N–C) groups is 1. The second kappa shape index (κ2) is 12.2. The van der Waals surface area contributed by atoms with Gasteiger partial charge in [0.2, 0.25) is 5.91 Å². The van der Waals surface area contributed by atoms with Gasteiger partial charge in [-0.1, -0.05) is 12.5 Å². The van der Waals surface area contributed by atoms with Gasteiger partial charge in [-0.05, 0) is 38.1 Å². The Morgan fingerprint density at radius 1 is 1.30 bits per heavy atom. The van der Waals surface area contributed by atoms with Crippen LogP contribution in [-0.4, -0.2) is 79.1 Å². The van der Waals surface area contributed by atoms with Crippen molar-refractivity contribution >= 4 is 47.2 Å². The van der Waals surface area contributed by atoms with Crippen molar-refractivity contribution in [2.45, 2.75) is 38.7 Å². The fourth-order valence-corrected chi connectivity index (χ4v) is 4.45. The van der Waals surface area contributed by atoms with Crippen LogP contribution in [0.2, 0.25) is 0 Å². The number of aliphatic hydroxyl groups is 1. The lowest BCUT2D eigenvalue weighted by atomic mass is 9.84. The highest BCUT2D eigenvalue weighted by Crippen LogP contribution is 2.28. The molecule has 0 aromatic carbocycles. The molecule has 2 aliphatic rings. The number of hydrogen-bond donors (Lipinski definition) is 3. The average molecular weight is 550 g/mol. The first kappa shape index (κ1) is 25.4. The molecule has 3 N–H and O–H groups in total. The van der Waals surface area contributed by atoms with Gasteiger partial charge in [0, 0.05) is 56.6 Å². The zero-order valence-electron chi connectivity index (χ0n) is 18.1. The fourth-order valence-electron chi connectivity index (χ4n) is 3.68. The number of guanidine groups is 1. The second-order valence-electron chi connectivity index (χ2n) is 8.17. The Balaban J connectivity index is 0.00000320. The molecule has 3 rings (SSSR count). The maximum absolute atomic E-state index is 12.4. The van der Waals surface area contributed by atoms with Gasteiger partial charge >= 0.3 is 0 Å². The third-order valence-electron chi connectivity index (χ3n) is 5.80. The molecule has 1 aromatic heterocycles. The number of nitrogens with zero attached hydrogens (tertiary/aromatic N) is 3. The number of halogens is 1. The Morgan fingerprint density at radius 3 is 2.60 bits per heavy atom. The summed E-state index contributed by atoms with van der Waals surface area (Å²) in [6, 6.07) is 3.89. The van der Waals surface area contributed by atoms with Crippen LogP contribution in [0.15, 0.2) is 22.5 Å². The van der Waals surface area contributed by atoms with Crippen LogP contribution in [0.5, 0.6) is 0 Å². The number of carbonyl (C=O) groups is 1. The minimum atomic E-state index is -0.959. The summed E-state index contributed by atoms with van der Waals surface area (Å²) in [6.45, 7) is 10.2. The van der Waals surface area contributed by atoms with Gasteiger partial charge < -0.3 is 20.6 Å². The lowest BCUT2D eigenvalue weighted by Gasteiger charge is -2.38. The van der Waals surface area contributed by atoms with Crippen molar-refractivity contribution in [2.75, 3.05) is 52.4 Å². The SMILES string of the molecule is CCNC(=NCC(C)(O)c1cccs1)NCCN1CCN(C(=O)C2CCC2)CC1.I. The predicted octanol–water partition coefficient (Wildman–Crippen LogP) is 2.07. The molecule has 0 spiro atoms. The second-order valence-corrected chi connectivity index (χ2v) is 9.12. The number of piperazine rings is 1. The van der Waals surface area contributed by atoms with E-state index in [0.29, 0.717) is 18.4 Å². The van der Waals surface area contributed by atoms with Crippen LogP contribution >= 0.6 is 35.3 Å². The monoisotopic (exact) mass is 549 g/mol. The molecule has 1 unspecified atom stereocenters. The number of thiophene rings is 1. The van der Waals surface area contributed by atoms with E-state index in [0.717, 1.165) is 69.5 Å². The van der Waals surface area contributed by atoms with Crippen LogP contribution in [0, 0.1) is 5.92 Å². The molecule has 0 bridgehead atoms. The van der Waals surface area contributed by atoms with Crippen molar-refractivity contribution in [3.63, 3.8) is 0 Å². The molecule has 9 heteroatoms. The van der Waals surface area contributed by atoms with E-state index in [2.05, 4.69) is 20.5 Å². The molecule has 30 heavy (non-hydrogen) atoms. The van der Waals surface area contributed by atoms with Crippen molar-refractivity contribution < 1.29 is 9.90 Å². The maximum Gasteiger partial charge on any atom is 0.225 e. The van der Waals surface area contributed by atoms with E-state index in [1.165, 1.54) is 6.42 Å². The van der Waals surface area contributed by atoms with Crippen molar-refractivity contribution in [3.8, 4) is 0 Å². The van der Waals surface area contributed by atoms with Crippen LogP contribution < -0.4 is 10.6 Å². The van der Waals surface area contributed by atoms with Gasteiger partial charge in [0.15, 0.2) is 5.96 Å². The van der Waals surface area contributed by atoms with E-state index >= 15 is 0 Å². The van der Waals surface area contributed by atoms with Crippen LogP contribution in [0.4, 0.5) is 0 Å². The first-order valence-corrected chi connectivity index (χ1v) is 11.7. The molecule has 170 valence electrons. The molecule has 7 nitrogen and oxygen atoms in total. The van der Waals surface area contributed by atoms with Crippen molar-refractivity contribution in [3.05, 3.63) is 22.4 Å². The summed E-state index contributed by atoms with van der Waals surface area (Å²) >= 11 is 1.55. The lowest BCUT2D eigenvalue weighted by Crippen LogP contribution is -2.52. The molecule has 1 atom stereocenters. The highest BCUT2D eigenvalue weighted by atomic mass is 127. The molecule has 1 aliphatic carbocycles. The highest BCUT2D eigenvalue weighted by molar-refractivity contribution is 14.0. The van der Waals surface area contributed by atoms with Crippen LogP contribution in [0.25, 0.3) is 0 Å². The molecule has 2 heterocycles. The molecule has 1 saturated heterocycles. The minimum Gasteiger partial charge on any atom is -0.383 e. The highest BCUT2D eigenvalue weighted by Gasteiger charge is 2.31. The normalized spacial score (nSPS) is 20.1. The number of hydrogen-bond acceptors (Lipinski definition) is 5. The van der Waals surface area contributed by atoms with E-state index in [4.69, 9.17) is 0 Å². The summed E-state index contributed by atoms with van der Waals surface area (Å²) in [7, 11) is 0. The summed E-state index contributed by atoms with van der Waals surface area (Å²) in [5, 5.41) is 19.2. The van der Waals surface area contributed by atoms with Gasteiger partial charge in [0.25, 0.3) is 0 Å². The zero-order chi connectivity index (χ0) is 20.7. The molecular formula is C21H36IN5O2S. The molecule has 2 fully saturated rings. The fraction of sp³-hybridized carbons (Fsp3) is 0.714. The van der Waals surface area contributed by atoms with Crippen LogP contribution in [-0.2, 0) is 10.4 Å². The molecule has 1 aliphatic heterocycles. The summed E-state index contributed by atoms with van der Waals surface area (Å²) in [5.74, 6) is 1.39. The quantitative estimate of drug-likeness (QED) is 0.263. The Bertz CT molecular complexity index is 671. The maximum atomic E-state index is 12.4. The summed E-state index contributed by atoms with van der Waals surface area (Å²) < 4.78 is 0. The van der Waals surface area contributed by atoms with Gasteiger partial charge in [-0.3, -0.25) is 9.69 Å². The van der Waals surface area contributed by atoms with E-state index in [9.17, 15) is 9.90 Å². The summed E-state index contributed by atoms with van der Waals surface area (Å²) in [4.78, 5) is 22.3. The Morgan fingerprint density at radius 2 is 2.03 bits per heavy atom. The average Bonchev–Trinajstić information content (AvgIpc) is 3.21. The van der Waals surface area contributed by atoms with Crippen LogP contribution in [0.1, 0.15) is 38.0 Å². The predicted molar refractivity (Wildman–Crippen MR) is 134 cm³/mol. The largest absolute Gasteiger partial charge is 0.383 e.